The molecule has 2 aliphatic heterocycles. The lowest BCUT2D eigenvalue weighted by atomic mass is 9.99. The minimum absolute atomic E-state index is 0.111. The Morgan fingerprint density at radius 1 is 0.980 bits per heavy atom. The molecular weight excluding hydrogens is 663 g/mol. The van der Waals surface area contributed by atoms with Crippen LogP contribution in [-0.2, 0) is 25.2 Å². The Morgan fingerprint density at radius 2 is 1.67 bits per heavy atom. The van der Waals surface area contributed by atoms with Gasteiger partial charge in [-0.25, -0.2) is 9.59 Å². The molecule has 1 saturated heterocycles. The first-order valence-electron chi connectivity index (χ1n) is 15.0. The molecule has 2 aliphatic rings. The average Bonchev–Trinajstić information content (AvgIpc) is 3.02. The number of benzene rings is 2. The third-order valence-corrected chi connectivity index (χ3v) is 7.35. The molecule has 1 aromatic heterocycles. The zero-order valence-corrected chi connectivity index (χ0v) is 26.6. The van der Waals surface area contributed by atoms with Gasteiger partial charge in [0.05, 0.1) is 10.9 Å². The maximum Gasteiger partial charge on any atom is 0.450 e. The van der Waals surface area contributed by atoms with Crippen molar-refractivity contribution in [3.8, 4) is 28.4 Å². The van der Waals surface area contributed by atoms with Crippen LogP contribution in [0.25, 0.3) is 22.1 Å². The van der Waals surface area contributed by atoms with Crippen LogP contribution in [-0.4, -0.2) is 89.6 Å². The van der Waals surface area contributed by atoms with E-state index < -0.39 is 89.5 Å². The van der Waals surface area contributed by atoms with Gasteiger partial charge in [0, 0.05) is 6.07 Å². The number of hydrogen-bond acceptors (Lipinski definition) is 13. The van der Waals surface area contributed by atoms with Gasteiger partial charge in [0.1, 0.15) is 67.2 Å². The molecule has 1 amide bonds. The number of esters is 1. The van der Waals surface area contributed by atoms with Crippen molar-refractivity contribution >= 4 is 23.0 Å². The molecule has 5 unspecified atom stereocenters. The second kappa shape index (κ2) is 13.7. The topological polar surface area (TPSA) is 192 Å². The number of hydrogen-bond donors (Lipinski definition) is 4. The Bertz CT molecular complexity index is 1770. The van der Waals surface area contributed by atoms with Crippen molar-refractivity contribution in [2.75, 3.05) is 19.8 Å². The lowest BCUT2D eigenvalue weighted by Crippen LogP contribution is -2.60. The first-order chi connectivity index (χ1) is 22.9. The second-order valence-electron chi connectivity index (χ2n) is 12.3. The van der Waals surface area contributed by atoms with Gasteiger partial charge in [-0.3, -0.25) is 4.79 Å². The normalized spacial score (nSPS) is 23.0. The molecular formula is C32H34F3NO13. The standard InChI is InChI=1S/C32H34F3NO13/c1-14(36-30(42)49-31(2,3)4)28(41)45-13-21-24(38)25(39)26(40)29(48-21)46-16-6-7-17-19(12-16)47-27(32(33,34)35)22(23(17)37)15-5-8-18-20(11-15)44-10-9-43-18/h5-8,11-12,14,21,24-26,29,38-40H,9-10,13H2,1-4H3,(H,36,42)/t14-,21?,24?,25?,26?,29?/m1/s1. The minimum Gasteiger partial charge on any atom is -0.486 e. The van der Waals surface area contributed by atoms with Crippen LogP contribution in [0.4, 0.5) is 18.0 Å². The highest BCUT2D eigenvalue weighted by atomic mass is 19.4. The molecule has 4 N–H and O–H groups in total. The largest absolute Gasteiger partial charge is 0.486 e. The summed E-state index contributed by atoms with van der Waals surface area (Å²) in [5.41, 5.74) is -3.20. The Labute approximate surface area is 276 Å². The van der Waals surface area contributed by atoms with Crippen LogP contribution < -0.4 is 25.0 Å². The number of halogens is 3. The summed E-state index contributed by atoms with van der Waals surface area (Å²) in [6.07, 6.45) is -14.7. The summed E-state index contributed by atoms with van der Waals surface area (Å²) in [6, 6.07) is 6.07. The van der Waals surface area contributed by atoms with Crippen molar-refractivity contribution in [1.29, 1.82) is 0 Å². The second-order valence-corrected chi connectivity index (χ2v) is 12.3. The third kappa shape index (κ3) is 8.01. The molecule has 0 saturated carbocycles. The van der Waals surface area contributed by atoms with Gasteiger partial charge >= 0.3 is 18.2 Å². The van der Waals surface area contributed by atoms with Gasteiger partial charge in [0.25, 0.3) is 0 Å². The van der Waals surface area contributed by atoms with E-state index in [2.05, 4.69) is 5.32 Å². The molecule has 0 aliphatic carbocycles. The smallest absolute Gasteiger partial charge is 0.450 e. The van der Waals surface area contributed by atoms with Crippen LogP contribution >= 0.6 is 0 Å². The molecule has 0 bridgehead atoms. The lowest BCUT2D eigenvalue weighted by Gasteiger charge is -2.40. The molecule has 5 rings (SSSR count). The Hall–Kier alpha value is -4.58. The van der Waals surface area contributed by atoms with Gasteiger partial charge < -0.3 is 53.5 Å². The van der Waals surface area contributed by atoms with Crippen molar-refractivity contribution in [3.05, 3.63) is 52.4 Å². The van der Waals surface area contributed by atoms with Gasteiger partial charge in [-0.15, -0.1) is 0 Å². The van der Waals surface area contributed by atoms with E-state index in [1.54, 1.807) is 20.8 Å². The fraction of sp³-hybridized carbons (Fsp3) is 0.469. The van der Waals surface area contributed by atoms with Gasteiger partial charge in [0.2, 0.25) is 17.5 Å². The summed E-state index contributed by atoms with van der Waals surface area (Å²) in [7, 11) is 0. The summed E-state index contributed by atoms with van der Waals surface area (Å²) >= 11 is 0. The van der Waals surface area contributed by atoms with E-state index in [-0.39, 0.29) is 35.7 Å². The number of alkyl halides is 3. The number of aliphatic hydroxyl groups is 3. The van der Waals surface area contributed by atoms with Crippen LogP contribution in [0, 0.1) is 0 Å². The first kappa shape index (κ1) is 35.7. The Morgan fingerprint density at radius 3 is 2.35 bits per heavy atom. The molecule has 3 aromatic rings. The first-order valence-corrected chi connectivity index (χ1v) is 15.0. The predicted molar refractivity (Wildman–Crippen MR) is 161 cm³/mol. The lowest BCUT2D eigenvalue weighted by molar-refractivity contribution is -0.278. The van der Waals surface area contributed by atoms with Crippen LogP contribution in [0.5, 0.6) is 17.2 Å². The fourth-order valence-corrected chi connectivity index (χ4v) is 5.03. The van der Waals surface area contributed by atoms with Crippen LogP contribution in [0.1, 0.15) is 33.5 Å². The summed E-state index contributed by atoms with van der Waals surface area (Å²) in [5, 5.41) is 33.5. The predicted octanol–water partition coefficient (Wildman–Crippen LogP) is 2.89. The number of nitrogens with one attached hydrogen (secondary N) is 1. The van der Waals surface area contributed by atoms with E-state index in [0.717, 1.165) is 12.1 Å². The van der Waals surface area contributed by atoms with Gasteiger partial charge in [-0.2, -0.15) is 13.2 Å². The SMILES string of the molecule is C[C@@H](NC(=O)OC(C)(C)C)C(=O)OCC1OC(Oc2ccc3c(=O)c(-c4ccc5c(c4)OCCO5)c(C(F)(F)F)oc3c2)C(O)C(O)C1O. The number of aliphatic hydroxyl groups excluding tert-OH is 3. The zero-order valence-electron chi connectivity index (χ0n) is 26.6. The van der Waals surface area contributed by atoms with E-state index >= 15 is 0 Å². The highest BCUT2D eigenvalue weighted by Crippen LogP contribution is 2.41. The quantitative estimate of drug-likeness (QED) is 0.264. The minimum atomic E-state index is -5.10. The molecule has 266 valence electrons. The number of fused-ring (bicyclic) bond motifs is 2. The summed E-state index contributed by atoms with van der Waals surface area (Å²) in [5.74, 6) is -2.29. The van der Waals surface area contributed by atoms with Crippen LogP contribution in [0.15, 0.2) is 45.6 Å². The number of amides is 1. The van der Waals surface area contributed by atoms with Gasteiger partial charge in [-0.05, 0) is 57.5 Å². The van der Waals surface area contributed by atoms with E-state index in [1.165, 1.54) is 31.2 Å². The number of carbonyl (C=O) groups is 2. The number of ether oxygens (including phenoxy) is 6. The van der Waals surface area contributed by atoms with Gasteiger partial charge in [0.15, 0.2) is 11.5 Å². The van der Waals surface area contributed by atoms with Crippen molar-refractivity contribution in [1.82, 2.24) is 5.32 Å². The van der Waals surface area contributed by atoms with E-state index in [1.807, 2.05) is 0 Å². The molecule has 0 spiro atoms. The summed E-state index contributed by atoms with van der Waals surface area (Å²) in [6.45, 7) is 5.97. The summed E-state index contributed by atoms with van der Waals surface area (Å²) in [4.78, 5) is 37.9. The molecule has 14 nitrogen and oxygen atoms in total. The molecule has 6 atom stereocenters. The maximum absolute atomic E-state index is 14.2. The molecule has 1 fully saturated rings. The monoisotopic (exact) mass is 697 g/mol. The number of alkyl carbamates (subject to hydrolysis) is 1. The molecule has 0 radical (unpaired) electrons. The van der Waals surface area contributed by atoms with Crippen molar-refractivity contribution in [2.24, 2.45) is 0 Å². The molecule has 49 heavy (non-hydrogen) atoms. The van der Waals surface area contributed by atoms with Crippen molar-refractivity contribution < 1.29 is 70.9 Å². The zero-order chi connectivity index (χ0) is 35.8. The van der Waals surface area contributed by atoms with Crippen molar-refractivity contribution in [2.45, 2.75) is 76.2 Å². The molecule has 3 heterocycles. The van der Waals surface area contributed by atoms with E-state index in [9.17, 15) is 42.9 Å². The van der Waals surface area contributed by atoms with Crippen LogP contribution in [0.2, 0.25) is 0 Å². The Kier molecular flexibility index (Phi) is 10.0. The fourth-order valence-electron chi connectivity index (χ4n) is 5.03. The highest BCUT2D eigenvalue weighted by Gasteiger charge is 2.46. The summed E-state index contributed by atoms with van der Waals surface area (Å²) < 4.78 is 80.2. The molecule has 2 aromatic carbocycles. The average molecular weight is 698 g/mol. The van der Waals surface area contributed by atoms with E-state index in [0.29, 0.717) is 5.75 Å². The number of carbonyl (C=O) groups excluding carboxylic acids is 2. The van der Waals surface area contributed by atoms with Gasteiger partial charge in [-0.1, -0.05) is 6.07 Å². The maximum atomic E-state index is 14.2. The van der Waals surface area contributed by atoms with Crippen molar-refractivity contribution in [3.63, 3.8) is 0 Å². The Balaban J connectivity index is 1.35. The molecule has 17 heteroatoms. The third-order valence-electron chi connectivity index (χ3n) is 7.35. The van der Waals surface area contributed by atoms with Crippen LogP contribution in [0.3, 0.4) is 0 Å². The number of rotatable bonds is 7. The highest BCUT2D eigenvalue weighted by molar-refractivity contribution is 5.84. The van der Waals surface area contributed by atoms with E-state index in [4.69, 9.17) is 32.8 Å².